The van der Waals surface area contributed by atoms with Crippen LogP contribution in [0.15, 0.2) is 77.2 Å². The first-order valence-electron chi connectivity index (χ1n) is 9.78. The van der Waals surface area contributed by atoms with Crippen LogP contribution in [0.2, 0.25) is 5.02 Å². The summed E-state index contributed by atoms with van der Waals surface area (Å²) < 4.78 is 5.91. The molecular weight excluding hydrogens is 412 g/mol. The summed E-state index contributed by atoms with van der Waals surface area (Å²) >= 11 is 5.96. The first-order valence-corrected chi connectivity index (χ1v) is 10.2. The predicted octanol–water partition coefficient (Wildman–Crippen LogP) is 5.92. The van der Waals surface area contributed by atoms with Crippen molar-refractivity contribution < 1.29 is 9.21 Å². The van der Waals surface area contributed by atoms with Crippen LogP contribution in [0, 0.1) is 13.8 Å². The third-order valence-electron chi connectivity index (χ3n) is 4.67. The zero-order valence-electron chi connectivity index (χ0n) is 17.1. The number of nitrogens with one attached hydrogen (secondary N) is 2. The molecule has 2 N–H and O–H groups in total. The minimum Gasteiger partial charge on any atom is -0.418 e. The van der Waals surface area contributed by atoms with Crippen LogP contribution in [0.4, 0.5) is 10.5 Å². The second-order valence-corrected chi connectivity index (χ2v) is 7.71. The molecule has 4 rings (SSSR count). The minimum absolute atomic E-state index is 0.284. The lowest BCUT2D eigenvalue weighted by Crippen LogP contribution is -2.33. The van der Waals surface area contributed by atoms with Crippen LogP contribution in [-0.2, 0) is 0 Å². The number of carbonyl (C=O) groups excluding carboxylic acids is 1. The largest absolute Gasteiger partial charge is 0.418 e. The molecule has 7 heteroatoms. The molecule has 156 valence electrons. The number of anilines is 1. The van der Waals surface area contributed by atoms with Crippen molar-refractivity contribution in [3.8, 4) is 11.5 Å². The average Bonchev–Trinajstić information content (AvgIpc) is 3.22. The van der Waals surface area contributed by atoms with E-state index < -0.39 is 6.04 Å². The van der Waals surface area contributed by atoms with E-state index in [0.717, 1.165) is 22.3 Å². The van der Waals surface area contributed by atoms with Gasteiger partial charge < -0.3 is 15.1 Å². The van der Waals surface area contributed by atoms with Crippen LogP contribution in [0.25, 0.3) is 11.5 Å². The smallest absolute Gasteiger partial charge is 0.320 e. The molecular formula is C24H21ClN4O2. The highest BCUT2D eigenvalue weighted by atomic mass is 35.5. The Balaban J connectivity index is 1.59. The molecule has 4 aromatic rings. The van der Waals surface area contributed by atoms with E-state index in [9.17, 15) is 4.79 Å². The first-order chi connectivity index (χ1) is 15.0. The van der Waals surface area contributed by atoms with Gasteiger partial charge in [-0.15, -0.1) is 10.2 Å². The average molecular weight is 433 g/mol. The Morgan fingerprint density at radius 1 is 0.935 bits per heavy atom. The number of hydrogen-bond donors (Lipinski definition) is 2. The Morgan fingerprint density at radius 2 is 1.61 bits per heavy atom. The lowest BCUT2D eigenvalue weighted by Gasteiger charge is -2.16. The van der Waals surface area contributed by atoms with Crippen molar-refractivity contribution in [1.82, 2.24) is 15.5 Å². The number of carbonyl (C=O) groups is 1. The van der Waals surface area contributed by atoms with Crippen LogP contribution in [0.3, 0.4) is 0 Å². The van der Waals surface area contributed by atoms with Gasteiger partial charge in [0.1, 0.15) is 6.04 Å². The summed E-state index contributed by atoms with van der Waals surface area (Å²) in [6, 6.07) is 21.5. The third-order valence-corrected chi connectivity index (χ3v) is 4.92. The molecule has 6 nitrogen and oxygen atoms in total. The van der Waals surface area contributed by atoms with E-state index in [1.165, 1.54) is 0 Å². The topological polar surface area (TPSA) is 80.0 Å². The van der Waals surface area contributed by atoms with E-state index >= 15 is 0 Å². The maximum Gasteiger partial charge on any atom is 0.320 e. The Labute approximate surface area is 185 Å². The zero-order chi connectivity index (χ0) is 21.8. The molecule has 0 aliphatic rings. The molecule has 0 aliphatic carbocycles. The van der Waals surface area contributed by atoms with E-state index in [0.29, 0.717) is 16.6 Å². The number of aryl methyl sites for hydroxylation is 2. The number of urea groups is 1. The molecule has 0 bridgehead atoms. The number of rotatable bonds is 5. The standard InChI is InChI=1S/C24H21ClN4O2/c1-15-12-16(2)14-20(13-15)26-24(30)27-21(17-6-4-3-5-7-17)23-29-28-22(31-23)18-8-10-19(25)11-9-18/h3-14,21H,1-2H3,(H2,26,27,30). The second kappa shape index (κ2) is 9.02. The molecule has 0 fully saturated rings. The fourth-order valence-corrected chi connectivity index (χ4v) is 3.46. The fourth-order valence-electron chi connectivity index (χ4n) is 3.34. The van der Waals surface area contributed by atoms with E-state index in [1.54, 1.807) is 24.3 Å². The summed E-state index contributed by atoms with van der Waals surface area (Å²) in [6.07, 6.45) is 0. The van der Waals surface area contributed by atoms with Crippen molar-refractivity contribution in [2.75, 3.05) is 5.32 Å². The molecule has 0 aliphatic heterocycles. The van der Waals surface area contributed by atoms with E-state index in [4.69, 9.17) is 16.0 Å². The molecule has 1 heterocycles. The highest BCUT2D eigenvalue weighted by Gasteiger charge is 2.23. The van der Waals surface area contributed by atoms with Crippen molar-refractivity contribution in [2.45, 2.75) is 19.9 Å². The molecule has 0 saturated heterocycles. The molecule has 31 heavy (non-hydrogen) atoms. The molecule has 1 atom stereocenters. The molecule has 1 unspecified atom stereocenters. The predicted molar refractivity (Wildman–Crippen MR) is 121 cm³/mol. The molecule has 1 aromatic heterocycles. The fraction of sp³-hybridized carbons (Fsp3) is 0.125. The van der Waals surface area contributed by atoms with Crippen molar-refractivity contribution in [1.29, 1.82) is 0 Å². The van der Waals surface area contributed by atoms with Crippen molar-refractivity contribution in [3.05, 3.63) is 100 Å². The van der Waals surface area contributed by atoms with Gasteiger partial charge in [-0.2, -0.15) is 0 Å². The highest BCUT2D eigenvalue weighted by molar-refractivity contribution is 6.30. The third kappa shape index (κ3) is 5.10. The maximum absolute atomic E-state index is 12.8. The monoisotopic (exact) mass is 432 g/mol. The Hall–Kier alpha value is -3.64. The van der Waals surface area contributed by atoms with Crippen molar-refractivity contribution >= 4 is 23.3 Å². The number of benzene rings is 3. The van der Waals surface area contributed by atoms with Crippen molar-refractivity contribution in [2.24, 2.45) is 0 Å². The van der Waals surface area contributed by atoms with Crippen LogP contribution in [0.1, 0.15) is 28.6 Å². The van der Waals surface area contributed by atoms with Gasteiger partial charge in [0.05, 0.1) is 0 Å². The molecule has 0 spiro atoms. The Kier molecular flexibility index (Phi) is 6.00. The van der Waals surface area contributed by atoms with Crippen LogP contribution >= 0.6 is 11.6 Å². The number of hydrogen-bond acceptors (Lipinski definition) is 4. The normalized spacial score (nSPS) is 11.7. The van der Waals surface area contributed by atoms with Gasteiger partial charge in [-0.05, 0) is 66.9 Å². The van der Waals surface area contributed by atoms with Crippen molar-refractivity contribution in [3.63, 3.8) is 0 Å². The minimum atomic E-state index is -0.611. The van der Waals surface area contributed by atoms with E-state index in [-0.39, 0.29) is 11.9 Å². The number of halogens is 1. The summed E-state index contributed by atoms with van der Waals surface area (Å²) in [6.45, 7) is 3.97. The first kappa shape index (κ1) is 20.6. The van der Waals surface area contributed by atoms with Gasteiger partial charge in [-0.3, -0.25) is 0 Å². The molecule has 2 amide bonds. The SMILES string of the molecule is Cc1cc(C)cc(NC(=O)NC(c2ccccc2)c2nnc(-c3ccc(Cl)cc3)o2)c1. The Bertz CT molecular complexity index is 1170. The molecule has 3 aromatic carbocycles. The molecule has 0 saturated carbocycles. The zero-order valence-corrected chi connectivity index (χ0v) is 17.9. The van der Waals surface area contributed by atoms with Gasteiger partial charge in [0.25, 0.3) is 0 Å². The van der Waals surface area contributed by atoms with Crippen LogP contribution < -0.4 is 10.6 Å². The summed E-state index contributed by atoms with van der Waals surface area (Å²) in [4.78, 5) is 12.8. The maximum atomic E-state index is 12.8. The van der Waals surface area contributed by atoms with Gasteiger partial charge in [0, 0.05) is 16.3 Å². The summed E-state index contributed by atoms with van der Waals surface area (Å²) in [5.74, 6) is 0.635. The van der Waals surface area contributed by atoms with Gasteiger partial charge in [-0.1, -0.05) is 48.0 Å². The van der Waals surface area contributed by atoms with Crippen LogP contribution in [-0.4, -0.2) is 16.2 Å². The quantitative estimate of drug-likeness (QED) is 0.410. The molecule has 0 radical (unpaired) electrons. The van der Waals surface area contributed by atoms with E-state index in [1.807, 2.05) is 62.4 Å². The van der Waals surface area contributed by atoms with E-state index in [2.05, 4.69) is 20.8 Å². The number of nitrogens with zero attached hydrogens (tertiary/aromatic N) is 2. The van der Waals surface area contributed by atoms with Gasteiger partial charge in [-0.25, -0.2) is 4.79 Å². The lowest BCUT2D eigenvalue weighted by molar-refractivity contribution is 0.248. The summed E-state index contributed by atoms with van der Waals surface area (Å²) in [5, 5.41) is 14.8. The summed E-state index contributed by atoms with van der Waals surface area (Å²) in [5.41, 5.74) is 4.42. The Morgan fingerprint density at radius 3 is 2.29 bits per heavy atom. The van der Waals surface area contributed by atoms with Crippen LogP contribution in [0.5, 0.6) is 0 Å². The van der Waals surface area contributed by atoms with Gasteiger partial charge in [0.2, 0.25) is 11.8 Å². The number of amides is 2. The second-order valence-electron chi connectivity index (χ2n) is 7.27. The van der Waals surface area contributed by atoms with Gasteiger partial charge >= 0.3 is 6.03 Å². The number of aromatic nitrogens is 2. The van der Waals surface area contributed by atoms with Gasteiger partial charge in [0.15, 0.2) is 0 Å². The highest BCUT2D eigenvalue weighted by Crippen LogP contribution is 2.26. The lowest BCUT2D eigenvalue weighted by atomic mass is 10.1. The summed E-state index contributed by atoms with van der Waals surface area (Å²) in [7, 11) is 0.